The molecule has 0 saturated heterocycles. The van der Waals surface area contributed by atoms with E-state index in [1.54, 1.807) is 6.08 Å². The van der Waals surface area contributed by atoms with E-state index in [9.17, 15) is 9.59 Å². The van der Waals surface area contributed by atoms with Crippen molar-refractivity contribution in [3.05, 3.63) is 12.7 Å². The molecule has 0 heterocycles. The first-order valence-electron chi connectivity index (χ1n) is 7.00. The number of carbonyl (C=O) groups excluding carboxylic acids is 1. The maximum absolute atomic E-state index is 12.1. The van der Waals surface area contributed by atoms with Crippen LogP contribution in [0.4, 0.5) is 4.79 Å². The van der Waals surface area contributed by atoms with Crippen molar-refractivity contribution < 1.29 is 14.7 Å². The van der Waals surface area contributed by atoms with Crippen molar-refractivity contribution in [3.63, 3.8) is 0 Å². The number of aliphatic carboxylic acids is 1. The molecule has 0 spiro atoms. The summed E-state index contributed by atoms with van der Waals surface area (Å²) in [5.74, 6) is 1.93. The smallest absolute Gasteiger partial charge is 0.323 e. The number of carbonyl (C=O) groups is 2. The topological polar surface area (TPSA) is 69.6 Å². The van der Waals surface area contributed by atoms with E-state index in [4.69, 9.17) is 5.11 Å². The standard InChI is InChI=1S/C14H20N2O3/c1-2-5-16(7-10(17)18)14(19)15-13-11-8-3-4-9(6-8)12(11)13/h2,8-9,11-13H,1,3-7H2,(H,15,19)(H,17,18). The quantitative estimate of drug-likeness (QED) is 0.736. The molecule has 3 saturated carbocycles. The predicted molar refractivity (Wildman–Crippen MR) is 69.5 cm³/mol. The van der Waals surface area contributed by atoms with E-state index in [0.717, 1.165) is 11.8 Å². The van der Waals surface area contributed by atoms with Gasteiger partial charge >= 0.3 is 12.0 Å². The first-order valence-corrected chi connectivity index (χ1v) is 7.00. The average molecular weight is 264 g/mol. The van der Waals surface area contributed by atoms with Crippen molar-refractivity contribution in [2.45, 2.75) is 25.3 Å². The van der Waals surface area contributed by atoms with Crippen LogP contribution < -0.4 is 5.32 Å². The minimum atomic E-state index is -0.993. The Morgan fingerprint density at radius 1 is 1.32 bits per heavy atom. The molecule has 0 radical (unpaired) electrons. The minimum Gasteiger partial charge on any atom is -0.480 e. The first-order chi connectivity index (χ1) is 9.11. The summed E-state index contributed by atoms with van der Waals surface area (Å²) in [7, 11) is 0. The van der Waals surface area contributed by atoms with Crippen LogP contribution in [0.25, 0.3) is 0 Å². The maximum Gasteiger partial charge on any atom is 0.323 e. The van der Waals surface area contributed by atoms with Gasteiger partial charge in [-0.25, -0.2) is 4.79 Å². The number of fused-ring (bicyclic) bond motifs is 5. The second-order valence-corrected chi connectivity index (χ2v) is 6.03. The van der Waals surface area contributed by atoms with E-state index in [1.165, 1.54) is 24.2 Å². The summed E-state index contributed by atoms with van der Waals surface area (Å²) >= 11 is 0. The third-order valence-corrected chi connectivity index (χ3v) is 4.99. The Morgan fingerprint density at radius 3 is 2.47 bits per heavy atom. The molecule has 0 aliphatic heterocycles. The lowest BCUT2D eigenvalue weighted by atomic mass is 10.0. The molecule has 19 heavy (non-hydrogen) atoms. The van der Waals surface area contributed by atoms with Crippen LogP contribution in [0.15, 0.2) is 12.7 Å². The number of urea groups is 1. The molecule has 3 fully saturated rings. The molecule has 2 amide bonds. The molecule has 3 rings (SSSR count). The monoisotopic (exact) mass is 264 g/mol. The van der Waals surface area contributed by atoms with Crippen LogP contribution >= 0.6 is 0 Å². The zero-order valence-corrected chi connectivity index (χ0v) is 10.9. The largest absolute Gasteiger partial charge is 0.480 e. The zero-order chi connectivity index (χ0) is 13.6. The zero-order valence-electron chi connectivity index (χ0n) is 10.9. The number of nitrogens with zero attached hydrogens (tertiary/aromatic N) is 1. The summed E-state index contributed by atoms with van der Waals surface area (Å²) in [5.41, 5.74) is 0. The van der Waals surface area contributed by atoms with Crippen LogP contribution in [0, 0.1) is 23.7 Å². The van der Waals surface area contributed by atoms with Crippen molar-refractivity contribution in [1.29, 1.82) is 0 Å². The molecule has 104 valence electrons. The van der Waals surface area contributed by atoms with E-state index in [0.29, 0.717) is 17.9 Å². The predicted octanol–water partition coefficient (Wildman–Crippen LogP) is 1.31. The Hall–Kier alpha value is -1.52. The lowest BCUT2D eigenvalue weighted by Crippen LogP contribution is -2.44. The van der Waals surface area contributed by atoms with Gasteiger partial charge < -0.3 is 15.3 Å². The highest BCUT2D eigenvalue weighted by molar-refractivity contribution is 5.80. The normalized spacial score (nSPS) is 37.6. The molecule has 0 aromatic rings. The van der Waals surface area contributed by atoms with Gasteiger partial charge in [-0.3, -0.25) is 4.79 Å². The third kappa shape index (κ3) is 2.11. The Balaban J connectivity index is 1.56. The van der Waals surface area contributed by atoms with Gasteiger partial charge in [-0.15, -0.1) is 6.58 Å². The number of hydrogen-bond acceptors (Lipinski definition) is 2. The Morgan fingerprint density at radius 2 is 1.95 bits per heavy atom. The van der Waals surface area contributed by atoms with Crippen LogP contribution in [0.2, 0.25) is 0 Å². The highest BCUT2D eigenvalue weighted by Crippen LogP contribution is 2.65. The minimum absolute atomic E-state index is 0.263. The molecular weight excluding hydrogens is 244 g/mol. The number of nitrogens with one attached hydrogen (secondary N) is 1. The molecule has 3 aliphatic rings. The van der Waals surface area contributed by atoms with Gasteiger partial charge in [-0.05, 0) is 42.9 Å². The number of carboxylic acid groups (broad SMARTS) is 1. The van der Waals surface area contributed by atoms with Gasteiger partial charge in [0, 0.05) is 12.6 Å². The van der Waals surface area contributed by atoms with Crippen molar-refractivity contribution >= 4 is 12.0 Å². The van der Waals surface area contributed by atoms with Crippen LogP contribution in [-0.4, -0.2) is 41.1 Å². The average Bonchev–Trinajstić information content (AvgIpc) is 2.76. The van der Waals surface area contributed by atoms with Crippen LogP contribution in [0.3, 0.4) is 0 Å². The van der Waals surface area contributed by atoms with Crippen LogP contribution in [0.5, 0.6) is 0 Å². The van der Waals surface area contributed by atoms with Crippen molar-refractivity contribution in [2.24, 2.45) is 23.7 Å². The summed E-state index contributed by atoms with van der Waals surface area (Å²) < 4.78 is 0. The van der Waals surface area contributed by atoms with Gasteiger partial charge in [0.25, 0.3) is 0 Å². The molecule has 3 aliphatic carbocycles. The van der Waals surface area contributed by atoms with E-state index in [2.05, 4.69) is 11.9 Å². The van der Waals surface area contributed by atoms with E-state index < -0.39 is 5.97 Å². The number of hydrogen-bond donors (Lipinski definition) is 2. The molecule has 2 bridgehead atoms. The molecule has 4 atom stereocenters. The second kappa shape index (κ2) is 4.54. The Bertz CT molecular complexity index is 407. The second-order valence-electron chi connectivity index (χ2n) is 6.03. The van der Waals surface area contributed by atoms with Crippen LogP contribution in [-0.2, 0) is 4.79 Å². The lowest BCUT2D eigenvalue weighted by Gasteiger charge is -2.20. The summed E-state index contributed by atoms with van der Waals surface area (Å²) in [6.07, 6.45) is 5.51. The molecule has 2 N–H and O–H groups in total. The number of carboxylic acids is 1. The van der Waals surface area contributed by atoms with Gasteiger partial charge in [0.15, 0.2) is 0 Å². The molecule has 5 heteroatoms. The van der Waals surface area contributed by atoms with Gasteiger partial charge in [-0.2, -0.15) is 0 Å². The van der Waals surface area contributed by atoms with E-state index >= 15 is 0 Å². The summed E-state index contributed by atoms with van der Waals surface area (Å²) in [4.78, 5) is 24.1. The number of amides is 2. The van der Waals surface area contributed by atoms with Gasteiger partial charge in [0.1, 0.15) is 6.54 Å². The Labute approximate surface area is 112 Å². The molecule has 4 unspecified atom stereocenters. The lowest BCUT2D eigenvalue weighted by molar-refractivity contribution is -0.137. The van der Waals surface area contributed by atoms with E-state index in [-0.39, 0.29) is 19.1 Å². The van der Waals surface area contributed by atoms with Gasteiger partial charge in [0.2, 0.25) is 0 Å². The SMILES string of the molecule is C=CCN(CC(=O)O)C(=O)NC1C2C3CCC(C3)C12. The van der Waals surface area contributed by atoms with Crippen molar-refractivity contribution in [1.82, 2.24) is 10.2 Å². The fourth-order valence-corrected chi connectivity index (χ4v) is 4.29. The fourth-order valence-electron chi connectivity index (χ4n) is 4.29. The van der Waals surface area contributed by atoms with Gasteiger partial charge in [-0.1, -0.05) is 6.08 Å². The molecule has 5 nitrogen and oxygen atoms in total. The van der Waals surface area contributed by atoms with Gasteiger partial charge in [0.05, 0.1) is 0 Å². The Kier molecular flexibility index (Phi) is 2.99. The summed E-state index contributed by atoms with van der Waals surface area (Å²) in [5, 5.41) is 11.8. The molecular formula is C14H20N2O3. The fraction of sp³-hybridized carbons (Fsp3) is 0.714. The third-order valence-electron chi connectivity index (χ3n) is 4.99. The van der Waals surface area contributed by atoms with Crippen molar-refractivity contribution in [3.8, 4) is 0 Å². The highest BCUT2D eigenvalue weighted by atomic mass is 16.4. The first kappa shape index (κ1) is 12.5. The van der Waals surface area contributed by atoms with Crippen molar-refractivity contribution in [2.75, 3.05) is 13.1 Å². The maximum atomic E-state index is 12.1. The molecule has 0 aromatic heterocycles. The van der Waals surface area contributed by atoms with Crippen LogP contribution in [0.1, 0.15) is 19.3 Å². The summed E-state index contributed by atoms with van der Waals surface area (Å²) in [6.45, 7) is 3.56. The summed E-state index contributed by atoms with van der Waals surface area (Å²) in [6, 6.07) is 0.0287. The highest BCUT2D eigenvalue weighted by Gasteiger charge is 2.65. The number of rotatable bonds is 5. The molecule has 0 aromatic carbocycles. The van der Waals surface area contributed by atoms with E-state index in [1.807, 2.05) is 0 Å².